The summed E-state index contributed by atoms with van der Waals surface area (Å²) in [6.07, 6.45) is 3.50. The van der Waals surface area contributed by atoms with Crippen LogP contribution in [-0.2, 0) is 13.0 Å². The summed E-state index contributed by atoms with van der Waals surface area (Å²) in [7, 11) is 0. The Hall–Kier alpha value is -3.19. The van der Waals surface area contributed by atoms with E-state index in [1.807, 2.05) is 66.7 Å². The van der Waals surface area contributed by atoms with Crippen LogP contribution in [0.3, 0.4) is 0 Å². The summed E-state index contributed by atoms with van der Waals surface area (Å²) in [5.74, 6) is 3.03. The van der Waals surface area contributed by atoms with Crippen molar-refractivity contribution in [3.05, 3.63) is 79.2 Å². The third-order valence-electron chi connectivity index (χ3n) is 4.33. The Kier molecular flexibility index (Phi) is 6.16. The lowest BCUT2D eigenvalue weighted by molar-refractivity contribution is 0.378. The van der Waals surface area contributed by atoms with Crippen LogP contribution in [0.5, 0.6) is 0 Å². The maximum absolute atomic E-state index is 5.38. The molecule has 0 saturated carbocycles. The van der Waals surface area contributed by atoms with Gasteiger partial charge in [0, 0.05) is 29.8 Å². The van der Waals surface area contributed by atoms with Crippen molar-refractivity contribution in [3.8, 4) is 22.8 Å². The van der Waals surface area contributed by atoms with Crippen LogP contribution in [0.15, 0.2) is 83.0 Å². The first-order chi connectivity index (χ1) is 14.3. The highest BCUT2D eigenvalue weighted by Crippen LogP contribution is 2.25. The molecule has 2 heterocycles. The lowest BCUT2D eigenvalue weighted by atomic mass is 10.2. The average Bonchev–Trinajstić information content (AvgIpc) is 3.40. The molecule has 0 atom stereocenters. The Morgan fingerprint density at radius 3 is 2.41 bits per heavy atom. The van der Waals surface area contributed by atoms with Gasteiger partial charge in [0.15, 0.2) is 11.0 Å². The molecular formula is C22H21N5OS. The van der Waals surface area contributed by atoms with E-state index in [1.54, 1.807) is 11.8 Å². The molecule has 0 bridgehead atoms. The second kappa shape index (κ2) is 9.34. The van der Waals surface area contributed by atoms with Crippen LogP contribution < -0.4 is 0 Å². The van der Waals surface area contributed by atoms with E-state index in [0.717, 1.165) is 40.7 Å². The minimum Gasteiger partial charge on any atom is -0.339 e. The SMILES string of the molecule is C=CCn1c(SCCCc2nc(-c3ccccc3)no2)nnc1-c1ccccc1. The zero-order chi connectivity index (χ0) is 19.9. The molecule has 0 radical (unpaired) electrons. The number of hydrogen-bond acceptors (Lipinski definition) is 6. The van der Waals surface area contributed by atoms with Crippen molar-refractivity contribution in [2.24, 2.45) is 0 Å². The van der Waals surface area contributed by atoms with Crippen LogP contribution in [-0.4, -0.2) is 30.7 Å². The molecule has 0 spiro atoms. The molecule has 0 amide bonds. The molecule has 0 unspecified atom stereocenters. The number of benzene rings is 2. The van der Waals surface area contributed by atoms with Crippen molar-refractivity contribution in [2.45, 2.75) is 24.5 Å². The van der Waals surface area contributed by atoms with Gasteiger partial charge in [-0.05, 0) is 6.42 Å². The fourth-order valence-electron chi connectivity index (χ4n) is 2.94. The van der Waals surface area contributed by atoms with Crippen LogP contribution in [0.4, 0.5) is 0 Å². The topological polar surface area (TPSA) is 69.6 Å². The lowest BCUT2D eigenvalue weighted by Crippen LogP contribution is -2.01. The van der Waals surface area contributed by atoms with E-state index >= 15 is 0 Å². The molecule has 0 aliphatic rings. The molecule has 146 valence electrons. The van der Waals surface area contributed by atoms with Gasteiger partial charge in [0.2, 0.25) is 11.7 Å². The number of thioether (sulfide) groups is 1. The quantitative estimate of drug-likeness (QED) is 0.225. The summed E-state index contributed by atoms with van der Waals surface area (Å²) in [5.41, 5.74) is 2.01. The number of aromatic nitrogens is 5. The first kappa shape index (κ1) is 19.1. The third-order valence-corrected chi connectivity index (χ3v) is 5.38. The Morgan fingerprint density at radius 1 is 0.966 bits per heavy atom. The van der Waals surface area contributed by atoms with Gasteiger partial charge in [-0.1, -0.05) is 83.7 Å². The Morgan fingerprint density at radius 2 is 1.69 bits per heavy atom. The third kappa shape index (κ3) is 4.63. The molecule has 0 aliphatic heterocycles. The minimum absolute atomic E-state index is 0.631. The second-order valence-electron chi connectivity index (χ2n) is 6.40. The molecule has 0 saturated heterocycles. The number of nitrogens with zero attached hydrogens (tertiary/aromatic N) is 5. The zero-order valence-corrected chi connectivity index (χ0v) is 16.8. The van der Waals surface area contributed by atoms with Crippen LogP contribution in [0.25, 0.3) is 22.8 Å². The number of hydrogen-bond donors (Lipinski definition) is 0. The van der Waals surface area contributed by atoms with Gasteiger partial charge in [0.05, 0.1) is 0 Å². The summed E-state index contributed by atoms with van der Waals surface area (Å²) in [4.78, 5) is 4.48. The van der Waals surface area contributed by atoms with Crippen LogP contribution in [0.1, 0.15) is 12.3 Å². The zero-order valence-electron chi connectivity index (χ0n) is 15.9. The van der Waals surface area contributed by atoms with E-state index in [4.69, 9.17) is 4.52 Å². The second-order valence-corrected chi connectivity index (χ2v) is 7.46. The summed E-state index contributed by atoms with van der Waals surface area (Å²) in [6, 6.07) is 19.9. The standard InChI is InChI=1S/C22H21N5OS/c1-2-15-27-21(18-12-7-4-8-13-18)24-25-22(27)29-16-9-14-19-23-20(26-28-19)17-10-5-3-6-11-17/h2-8,10-13H,1,9,14-16H2. The van der Waals surface area contributed by atoms with Crippen molar-refractivity contribution in [2.75, 3.05) is 5.75 Å². The predicted molar refractivity (Wildman–Crippen MR) is 114 cm³/mol. The first-order valence-electron chi connectivity index (χ1n) is 9.45. The van der Waals surface area contributed by atoms with Gasteiger partial charge < -0.3 is 4.52 Å². The molecule has 29 heavy (non-hydrogen) atoms. The van der Waals surface area contributed by atoms with Gasteiger partial charge in [-0.15, -0.1) is 16.8 Å². The van der Waals surface area contributed by atoms with Crippen molar-refractivity contribution in [1.29, 1.82) is 0 Å². The fourth-order valence-corrected chi connectivity index (χ4v) is 3.82. The van der Waals surface area contributed by atoms with Crippen molar-refractivity contribution < 1.29 is 4.52 Å². The van der Waals surface area contributed by atoms with Gasteiger partial charge in [-0.25, -0.2) is 0 Å². The highest BCUT2D eigenvalue weighted by molar-refractivity contribution is 7.99. The summed E-state index contributed by atoms with van der Waals surface area (Å²) >= 11 is 1.68. The predicted octanol–water partition coefficient (Wildman–Crippen LogP) is 4.91. The van der Waals surface area contributed by atoms with E-state index in [0.29, 0.717) is 18.3 Å². The highest BCUT2D eigenvalue weighted by atomic mass is 32.2. The average molecular weight is 404 g/mol. The van der Waals surface area contributed by atoms with E-state index < -0.39 is 0 Å². The Labute approximate surface area is 173 Å². The van der Waals surface area contributed by atoms with Gasteiger partial charge in [0.1, 0.15) is 0 Å². The molecular weight excluding hydrogens is 382 g/mol. The number of rotatable bonds is 9. The van der Waals surface area contributed by atoms with E-state index in [-0.39, 0.29) is 0 Å². The number of allylic oxidation sites excluding steroid dienone is 1. The maximum Gasteiger partial charge on any atom is 0.226 e. The molecule has 0 fully saturated rings. The molecule has 6 nitrogen and oxygen atoms in total. The Bertz CT molecular complexity index is 1060. The summed E-state index contributed by atoms with van der Waals surface area (Å²) in [6.45, 7) is 4.53. The van der Waals surface area contributed by atoms with Crippen molar-refractivity contribution in [3.63, 3.8) is 0 Å². The fraction of sp³-hybridized carbons (Fsp3) is 0.182. The normalized spacial score (nSPS) is 10.9. The molecule has 0 N–H and O–H groups in total. The van der Waals surface area contributed by atoms with Crippen molar-refractivity contribution in [1.82, 2.24) is 24.9 Å². The summed E-state index contributed by atoms with van der Waals surface area (Å²) < 4.78 is 7.47. The molecule has 2 aromatic carbocycles. The van der Waals surface area contributed by atoms with Gasteiger partial charge >= 0.3 is 0 Å². The summed E-state index contributed by atoms with van der Waals surface area (Å²) in [5, 5.41) is 13.7. The first-order valence-corrected chi connectivity index (χ1v) is 10.4. The highest BCUT2D eigenvalue weighted by Gasteiger charge is 2.13. The van der Waals surface area contributed by atoms with Gasteiger partial charge in [-0.3, -0.25) is 4.57 Å². The molecule has 4 aromatic rings. The molecule has 0 aliphatic carbocycles. The van der Waals surface area contributed by atoms with Gasteiger partial charge in [0.25, 0.3) is 0 Å². The molecule has 2 aromatic heterocycles. The largest absolute Gasteiger partial charge is 0.339 e. The van der Waals surface area contributed by atoms with Crippen molar-refractivity contribution >= 4 is 11.8 Å². The monoisotopic (exact) mass is 403 g/mol. The molecule has 7 heteroatoms. The van der Waals surface area contributed by atoms with Crippen LogP contribution >= 0.6 is 11.8 Å². The maximum atomic E-state index is 5.38. The van der Waals surface area contributed by atoms with Crippen LogP contribution in [0.2, 0.25) is 0 Å². The van der Waals surface area contributed by atoms with E-state index in [9.17, 15) is 0 Å². The van der Waals surface area contributed by atoms with E-state index in [1.165, 1.54) is 0 Å². The molecule has 4 rings (SSSR count). The van der Waals surface area contributed by atoms with Gasteiger partial charge in [-0.2, -0.15) is 4.98 Å². The number of aryl methyl sites for hydroxylation is 1. The van der Waals surface area contributed by atoms with E-state index in [2.05, 4.69) is 31.5 Å². The minimum atomic E-state index is 0.631. The smallest absolute Gasteiger partial charge is 0.226 e. The van der Waals surface area contributed by atoms with Crippen LogP contribution in [0, 0.1) is 0 Å². The Balaban J connectivity index is 1.36. The lowest BCUT2D eigenvalue weighted by Gasteiger charge is -2.07.